The van der Waals surface area contributed by atoms with Gasteiger partial charge in [0.25, 0.3) is 0 Å². The number of benzene rings is 2. The summed E-state index contributed by atoms with van der Waals surface area (Å²) in [6, 6.07) is 18.6. The van der Waals surface area contributed by atoms with Crippen molar-refractivity contribution in [3.8, 4) is 17.3 Å². The van der Waals surface area contributed by atoms with Crippen molar-refractivity contribution < 1.29 is 4.39 Å². The van der Waals surface area contributed by atoms with Crippen LogP contribution >= 0.6 is 0 Å². The van der Waals surface area contributed by atoms with Crippen LogP contribution in [0.5, 0.6) is 0 Å². The predicted molar refractivity (Wildman–Crippen MR) is 100 cm³/mol. The minimum absolute atomic E-state index is 0.326. The van der Waals surface area contributed by atoms with Crippen molar-refractivity contribution >= 4 is 10.9 Å². The van der Waals surface area contributed by atoms with E-state index in [1.165, 1.54) is 6.07 Å². The van der Waals surface area contributed by atoms with Crippen LogP contribution in [0, 0.1) is 24.1 Å². The van der Waals surface area contributed by atoms with E-state index in [1.807, 2.05) is 42.6 Å². The molecule has 4 aromatic rings. The van der Waals surface area contributed by atoms with Gasteiger partial charge in [-0.2, -0.15) is 5.26 Å². The second-order valence-electron chi connectivity index (χ2n) is 6.24. The number of halogens is 1. The number of nitriles is 1. The van der Waals surface area contributed by atoms with Crippen LogP contribution < -0.4 is 0 Å². The lowest BCUT2D eigenvalue weighted by Crippen LogP contribution is -2.04. The molecule has 0 radical (unpaired) electrons. The normalized spacial score (nSPS) is 10.8. The first-order chi connectivity index (χ1) is 12.7. The van der Waals surface area contributed by atoms with Crippen molar-refractivity contribution in [2.45, 2.75) is 13.5 Å². The van der Waals surface area contributed by atoms with E-state index < -0.39 is 0 Å². The third kappa shape index (κ3) is 2.64. The van der Waals surface area contributed by atoms with Gasteiger partial charge in [0.05, 0.1) is 23.9 Å². The molecule has 0 aliphatic heterocycles. The molecule has 0 aliphatic rings. The fraction of sp³-hybridized carbons (Fsp3) is 0.0909. The molecular formula is C22H16FN3. The van der Waals surface area contributed by atoms with Gasteiger partial charge in [0.1, 0.15) is 5.82 Å². The summed E-state index contributed by atoms with van der Waals surface area (Å²) in [6.45, 7) is 2.46. The van der Waals surface area contributed by atoms with Crippen molar-refractivity contribution in [2.24, 2.45) is 0 Å². The third-order valence-corrected chi connectivity index (χ3v) is 4.67. The lowest BCUT2D eigenvalue weighted by molar-refractivity contribution is 0.602. The molecule has 0 spiro atoms. The van der Waals surface area contributed by atoms with Crippen molar-refractivity contribution in [3.05, 3.63) is 89.5 Å². The molecule has 0 unspecified atom stereocenters. The van der Waals surface area contributed by atoms with Crippen LogP contribution in [0.1, 0.15) is 16.7 Å². The highest BCUT2D eigenvalue weighted by atomic mass is 19.1. The Hall–Kier alpha value is -3.45. The van der Waals surface area contributed by atoms with Crippen LogP contribution in [0.25, 0.3) is 22.2 Å². The molecule has 126 valence electrons. The first-order valence-electron chi connectivity index (χ1n) is 8.36. The SMILES string of the molecule is Cc1c(-c2cccnc2)n(Cc2ccc(C#N)cc2F)c2ccccc12. The Morgan fingerprint density at radius 3 is 2.69 bits per heavy atom. The Kier molecular flexibility index (Phi) is 3.98. The van der Waals surface area contributed by atoms with Crippen molar-refractivity contribution in [1.82, 2.24) is 9.55 Å². The number of fused-ring (bicyclic) bond motifs is 1. The molecule has 0 saturated carbocycles. The van der Waals surface area contributed by atoms with E-state index in [4.69, 9.17) is 5.26 Å². The van der Waals surface area contributed by atoms with Crippen molar-refractivity contribution in [3.63, 3.8) is 0 Å². The standard InChI is InChI=1S/C22H16FN3/c1-15-19-6-2-3-7-21(19)26(22(15)17-5-4-10-25-13-17)14-18-9-8-16(12-24)11-20(18)23/h2-11,13H,14H2,1H3. The van der Waals surface area contributed by atoms with Gasteiger partial charge in [0.15, 0.2) is 0 Å². The summed E-state index contributed by atoms with van der Waals surface area (Å²) in [5.41, 5.74) is 5.09. The number of nitrogens with zero attached hydrogens (tertiary/aromatic N) is 3. The first kappa shape index (κ1) is 16.0. The summed E-state index contributed by atoms with van der Waals surface area (Å²) in [5, 5.41) is 10.1. The van der Waals surface area contributed by atoms with Crippen molar-refractivity contribution in [1.29, 1.82) is 5.26 Å². The number of pyridine rings is 1. The Balaban J connectivity index is 1.93. The number of hydrogen-bond acceptors (Lipinski definition) is 2. The Bertz CT molecular complexity index is 1140. The van der Waals surface area contributed by atoms with Crippen LogP contribution in [0.15, 0.2) is 67.0 Å². The van der Waals surface area contributed by atoms with Gasteiger partial charge in [-0.1, -0.05) is 24.3 Å². The zero-order chi connectivity index (χ0) is 18.1. The van der Waals surface area contributed by atoms with Gasteiger partial charge in [0.2, 0.25) is 0 Å². The van der Waals surface area contributed by atoms with Crippen LogP contribution in [-0.2, 0) is 6.54 Å². The van der Waals surface area contributed by atoms with E-state index in [9.17, 15) is 4.39 Å². The minimum Gasteiger partial charge on any atom is -0.336 e. The summed E-state index contributed by atoms with van der Waals surface area (Å²) in [6.07, 6.45) is 3.57. The zero-order valence-corrected chi connectivity index (χ0v) is 14.3. The molecule has 0 atom stereocenters. The number of rotatable bonds is 3. The van der Waals surface area contributed by atoms with E-state index in [2.05, 4.69) is 22.5 Å². The van der Waals surface area contributed by atoms with Gasteiger partial charge >= 0.3 is 0 Å². The summed E-state index contributed by atoms with van der Waals surface area (Å²) in [4.78, 5) is 4.24. The number of aromatic nitrogens is 2. The fourth-order valence-corrected chi connectivity index (χ4v) is 3.43. The van der Waals surface area contributed by atoms with Gasteiger partial charge in [-0.3, -0.25) is 4.98 Å². The molecule has 2 aromatic carbocycles. The van der Waals surface area contributed by atoms with Crippen molar-refractivity contribution in [2.75, 3.05) is 0 Å². The van der Waals surface area contributed by atoms with Gasteiger partial charge in [-0.05, 0) is 42.8 Å². The van der Waals surface area contributed by atoms with E-state index in [0.717, 1.165) is 27.7 Å². The maximum absolute atomic E-state index is 14.5. The molecule has 4 rings (SSSR count). The smallest absolute Gasteiger partial charge is 0.129 e. The fourth-order valence-electron chi connectivity index (χ4n) is 3.43. The average Bonchev–Trinajstić information content (AvgIpc) is 2.96. The monoisotopic (exact) mass is 341 g/mol. The molecule has 2 heterocycles. The number of hydrogen-bond donors (Lipinski definition) is 0. The van der Waals surface area contributed by atoms with Crippen LogP contribution in [-0.4, -0.2) is 9.55 Å². The van der Waals surface area contributed by atoms with E-state index >= 15 is 0 Å². The lowest BCUT2D eigenvalue weighted by atomic mass is 10.1. The van der Waals surface area contributed by atoms with Crippen LogP contribution in [0.2, 0.25) is 0 Å². The number of aryl methyl sites for hydroxylation is 1. The van der Waals surface area contributed by atoms with Crippen LogP contribution in [0.3, 0.4) is 0 Å². The minimum atomic E-state index is -0.364. The second-order valence-corrected chi connectivity index (χ2v) is 6.24. The lowest BCUT2D eigenvalue weighted by Gasteiger charge is -2.13. The molecular weight excluding hydrogens is 325 g/mol. The molecule has 0 N–H and O–H groups in total. The van der Waals surface area contributed by atoms with Gasteiger partial charge < -0.3 is 4.57 Å². The summed E-state index contributed by atoms with van der Waals surface area (Å²) in [7, 11) is 0. The molecule has 0 fully saturated rings. The summed E-state index contributed by atoms with van der Waals surface area (Å²) < 4.78 is 16.6. The Morgan fingerprint density at radius 1 is 1.12 bits per heavy atom. The molecule has 2 aromatic heterocycles. The highest BCUT2D eigenvalue weighted by molar-refractivity contribution is 5.91. The van der Waals surface area contributed by atoms with Gasteiger partial charge in [-0.15, -0.1) is 0 Å². The molecule has 0 saturated heterocycles. The number of para-hydroxylation sites is 1. The Labute approximate surface area is 151 Å². The average molecular weight is 341 g/mol. The first-order valence-corrected chi connectivity index (χ1v) is 8.36. The molecule has 26 heavy (non-hydrogen) atoms. The molecule has 0 bridgehead atoms. The quantitative estimate of drug-likeness (QED) is 0.522. The topological polar surface area (TPSA) is 41.6 Å². The largest absolute Gasteiger partial charge is 0.336 e. The van der Waals surface area contributed by atoms with Crippen LogP contribution in [0.4, 0.5) is 4.39 Å². The molecule has 3 nitrogen and oxygen atoms in total. The highest BCUT2D eigenvalue weighted by Crippen LogP contribution is 2.33. The Morgan fingerprint density at radius 2 is 1.96 bits per heavy atom. The van der Waals surface area contributed by atoms with Gasteiger partial charge in [0, 0.05) is 34.4 Å². The molecule has 0 aliphatic carbocycles. The highest BCUT2D eigenvalue weighted by Gasteiger charge is 2.17. The zero-order valence-electron chi connectivity index (χ0n) is 14.3. The van der Waals surface area contributed by atoms with E-state index in [0.29, 0.717) is 17.7 Å². The molecule has 0 amide bonds. The van der Waals surface area contributed by atoms with E-state index in [1.54, 1.807) is 18.3 Å². The maximum atomic E-state index is 14.5. The summed E-state index contributed by atoms with van der Waals surface area (Å²) in [5.74, 6) is -0.364. The maximum Gasteiger partial charge on any atom is 0.129 e. The summed E-state index contributed by atoms with van der Waals surface area (Å²) >= 11 is 0. The molecule has 4 heteroatoms. The van der Waals surface area contributed by atoms with E-state index in [-0.39, 0.29) is 5.82 Å². The predicted octanol–water partition coefficient (Wildman–Crippen LogP) is 5.07. The van der Waals surface area contributed by atoms with Gasteiger partial charge in [-0.25, -0.2) is 4.39 Å². The second kappa shape index (κ2) is 6.45. The third-order valence-electron chi connectivity index (χ3n) is 4.67.